The molecule has 0 amide bonds. The first-order chi connectivity index (χ1) is 12.8. The summed E-state index contributed by atoms with van der Waals surface area (Å²) in [5.41, 5.74) is 3.06. The molecule has 2 nitrogen and oxygen atoms in total. The van der Waals surface area contributed by atoms with Gasteiger partial charge in [-0.2, -0.15) is 0 Å². The molecule has 1 aromatic heterocycles. The standard InChI is InChI=1S/C24H19NO/c1-18-17-25-21(16-24(18)26-22-11-3-2-4-12-22)15-14-20-10-7-9-19-8-5-6-13-23(19)20/h2-17H,1H3/b15-14-. The number of nitrogens with zero attached hydrogens (tertiary/aromatic N) is 1. The number of benzene rings is 3. The molecule has 0 aliphatic rings. The number of ether oxygens (including phenoxy) is 1. The Balaban J connectivity index is 1.64. The minimum Gasteiger partial charge on any atom is -0.457 e. The van der Waals surface area contributed by atoms with Crippen LogP contribution in [-0.2, 0) is 0 Å². The number of pyridine rings is 1. The first kappa shape index (κ1) is 16.1. The third kappa shape index (κ3) is 3.50. The van der Waals surface area contributed by atoms with Gasteiger partial charge in [0.05, 0.1) is 5.69 Å². The summed E-state index contributed by atoms with van der Waals surface area (Å²) in [6.07, 6.45) is 5.98. The molecule has 0 spiro atoms. The second kappa shape index (κ2) is 7.24. The Labute approximate surface area is 153 Å². The summed E-state index contributed by atoms with van der Waals surface area (Å²) in [6.45, 7) is 2.00. The molecule has 1 heterocycles. The van der Waals surface area contributed by atoms with Gasteiger partial charge >= 0.3 is 0 Å². The van der Waals surface area contributed by atoms with Crippen LogP contribution in [0.25, 0.3) is 22.9 Å². The molecule has 126 valence electrons. The zero-order valence-electron chi connectivity index (χ0n) is 14.6. The van der Waals surface area contributed by atoms with Crippen LogP contribution in [0.4, 0.5) is 0 Å². The number of aryl methyl sites for hydroxylation is 1. The van der Waals surface area contributed by atoms with Crippen LogP contribution in [0.3, 0.4) is 0 Å². The highest BCUT2D eigenvalue weighted by Gasteiger charge is 2.03. The molecule has 0 aliphatic heterocycles. The van der Waals surface area contributed by atoms with Crippen LogP contribution in [0.1, 0.15) is 16.8 Å². The van der Waals surface area contributed by atoms with Gasteiger partial charge in [-0.1, -0.05) is 66.7 Å². The van der Waals surface area contributed by atoms with E-state index >= 15 is 0 Å². The van der Waals surface area contributed by atoms with Crippen molar-refractivity contribution < 1.29 is 4.74 Å². The van der Waals surface area contributed by atoms with Gasteiger partial charge in [-0.3, -0.25) is 4.98 Å². The van der Waals surface area contributed by atoms with Crippen molar-refractivity contribution in [3.05, 3.63) is 102 Å². The fourth-order valence-electron chi connectivity index (χ4n) is 2.91. The maximum atomic E-state index is 6.00. The molecule has 2 heteroatoms. The van der Waals surface area contributed by atoms with Gasteiger partial charge in [0.1, 0.15) is 11.5 Å². The van der Waals surface area contributed by atoms with Gasteiger partial charge in [0, 0.05) is 17.8 Å². The van der Waals surface area contributed by atoms with Gasteiger partial charge < -0.3 is 4.74 Å². The molecule has 0 saturated heterocycles. The predicted molar refractivity (Wildman–Crippen MR) is 108 cm³/mol. The molecule has 0 atom stereocenters. The third-order valence-electron chi connectivity index (χ3n) is 4.30. The van der Waals surface area contributed by atoms with E-state index in [0.29, 0.717) is 0 Å². The maximum absolute atomic E-state index is 6.00. The van der Waals surface area contributed by atoms with E-state index in [1.54, 1.807) is 0 Å². The fourth-order valence-corrected chi connectivity index (χ4v) is 2.91. The SMILES string of the molecule is Cc1cnc(/C=C\c2cccc3ccccc23)cc1Oc1ccccc1. The summed E-state index contributed by atoms with van der Waals surface area (Å²) in [7, 11) is 0. The van der Waals surface area contributed by atoms with Crippen molar-refractivity contribution in [3.8, 4) is 11.5 Å². The summed E-state index contributed by atoms with van der Waals surface area (Å²) in [6, 6.07) is 26.5. The van der Waals surface area contributed by atoms with Gasteiger partial charge in [0.2, 0.25) is 0 Å². The average Bonchev–Trinajstić information content (AvgIpc) is 2.69. The maximum Gasteiger partial charge on any atom is 0.134 e. The lowest BCUT2D eigenvalue weighted by Crippen LogP contribution is -1.90. The van der Waals surface area contributed by atoms with Crippen LogP contribution >= 0.6 is 0 Å². The summed E-state index contributed by atoms with van der Waals surface area (Å²) < 4.78 is 6.00. The van der Waals surface area contributed by atoms with Crippen molar-refractivity contribution in [2.75, 3.05) is 0 Å². The normalized spacial score (nSPS) is 11.1. The first-order valence-electron chi connectivity index (χ1n) is 8.65. The van der Waals surface area contributed by atoms with Crippen LogP contribution in [0.15, 0.2) is 85.1 Å². The number of aromatic nitrogens is 1. The van der Waals surface area contributed by atoms with E-state index in [1.165, 1.54) is 16.3 Å². The summed E-state index contributed by atoms with van der Waals surface area (Å²) in [4.78, 5) is 4.51. The number of hydrogen-bond donors (Lipinski definition) is 0. The number of hydrogen-bond acceptors (Lipinski definition) is 2. The van der Waals surface area contributed by atoms with E-state index in [1.807, 2.05) is 55.6 Å². The second-order valence-corrected chi connectivity index (χ2v) is 6.19. The lowest BCUT2D eigenvalue weighted by atomic mass is 10.0. The van der Waals surface area contributed by atoms with Gasteiger partial charge in [-0.05, 0) is 41.5 Å². The predicted octanol–water partition coefficient (Wildman–Crippen LogP) is 6.51. The van der Waals surface area contributed by atoms with Crippen LogP contribution < -0.4 is 4.74 Å². The molecule has 0 unspecified atom stereocenters. The summed E-state index contributed by atoms with van der Waals surface area (Å²) in [5, 5.41) is 2.47. The van der Waals surface area contributed by atoms with Crippen LogP contribution in [-0.4, -0.2) is 4.98 Å². The molecule has 0 radical (unpaired) electrons. The van der Waals surface area contributed by atoms with Crippen molar-refractivity contribution in [3.63, 3.8) is 0 Å². The molecule has 26 heavy (non-hydrogen) atoms. The van der Waals surface area contributed by atoms with Crippen molar-refractivity contribution in [1.29, 1.82) is 0 Å². The van der Waals surface area contributed by atoms with E-state index < -0.39 is 0 Å². The monoisotopic (exact) mass is 337 g/mol. The smallest absolute Gasteiger partial charge is 0.134 e. The van der Waals surface area contributed by atoms with E-state index in [-0.39, 0.29) is 0 Å². The van der Waals surface area contributed by atoms with Crippen LogP contribution in [0.5, 0.6) is 11.5 Å². The Morgan fingerprint density at radius 2 is 1.58 bits per heavy atom. The zero-order chi connectivity index (χ0) is 17.8. The zero-order valence-corrected chi connectivity index (χ0v) is 14.6. The van der Waals surface area contributed by atoms with Crippen molar-refractivity contribution in [1.82, 2.24) is 4.98 Å². The van der Waals surface area contributed by atoms with Crippen molar-refractivity contribution in [2.24, 2.45) is 0 Å². The average molecular weight is 337 g/mol. The van der Waals surface area contributed by atoms with Gasteiger partial charge in [0.25, 0.3) is 0 Å². The molecular weight excluding hydrogens is 318 g/mol. The Morgan fingerprint density at radius 3 is 2.46 bits per heavy atom. The first-order valence-corrected chi connectivity index (χ1v) is 8.65. The molecule has 0 bridgehead atoms. The highest BCUT2D eigenvalue weighted by molar-refractivity contribution is 5.92. The Morgan fingerprint density at radius 1 is 0.808 bits per heavy atom. The quantitative estimate of drug-likeness (QED) is 0.424. The number of fused-ring (bicyclic) bond motifs is 1. The van der Waals surface area contributed by atoms with E-state index in [2.05, 4.69) is 53.5 Å². The van der Waals surface area contributed by atoms with E-state index in [9.17, 15) is 0 Å². The Kier molecular flexibility index (Phi) is 4.48. The molecule has 4 aromatic rings. The highest BCUT2D eigenvalue weighted by atomic mass is 16.5. The van der Waals surface area contributed by atoms with Gasteiger partial charge in [0.15, 0.2) is 0 Å². The molecule has 0 fully saturated rings. The molecule has 0 N–H and O–H groups in total. The number of para-hydroxylation sites is 1. The topological polar surface area (TPSA) is 22.1 Å². The van der Waals surface area contributed by atoms with Crippen LogP contribution in [0, 0.1) is 6.92 Å². The molecule has 0 aliphatic carbocycles. The van der Waals surface area contributed by atoms with Gasteiger partial charge in [-0.15, -0.1) is 0 Å². The molecule has 4 rings (SSSR count). The van der Waals surface area contributed by atoms with Crippen molar-refractivity contribution >= 4 is 22.9 Å². The second-order valence-electron chi connectivity index (χ2n) is 6.19. The molecular formula is C24H19NO. The minimum absolute atomic E-state index is 0.823. The lowest BCUT2D eigenvalue weighted by Gasteiger charge is -2.09. The largest absolute Gasteiger partial charge is 0.457 e. The van der Waals surface area contributed by atoms with Crippen LogP contribution in [0.2, 0.25) is 0 Å². The lowest BCUT2D eigenvalue weighted by molar-refractivity contribution is 0.478. The summed E-state index contributed by atoms with van der Waals surface area (Å²) >= 11 is 0. The molecule has 3 aromatic carbocycles. The Hall–Kier alpha value is -3.39. The van der Waals surface area contributed by atoms with Crippen molar-refractivity contribution in [2.45, 2.75) is 6.92 Å². The van der Waals surface area contributed by atoms with E-state index in [4.69, 9.17) is 4.74 Å². The van der Waals surface area contributed by atoms with Gasteiger partial charge in [-0.25, -0.2) is 0 Å². The fraction of sp³-hybridized carbons (Fsp3) is 0.0417. The summed E-state index contributed by atoms with van der Waals surface area (Å²) in [5.74, 6) is 1.65. The number of rotatable bonds is 4. The highest BCUT2D eigenvalue weighted by Crippen LogP contribution is 2.26. The Bertz CT molecular complexity index is 1060. The van der Waals surface area contributed by atoms with E-state index in [0.717, 1.165) is 22.8 Å². The minimum atomic E-state index is 0.823. The molecule has 0 saturated carbocycles. The third-order valence-corrected chi connectivity index (χ3v) is 4.30.